The van der Waals surface area contributed by atoms with Crippen molar-refractivity contribution in [1.82, 2.24) is 4.90 Å². The van der Waals surface area contributed by atoms with Gasteiger partial charge in [0.05, 0.1) is 0 Å². The van der Waals surface area contributed by atoms with Crippen LogP contribution in [0.3, 0.4) is 0 Å². The summed E-state index contributed by atoms with van der Waals surface area (Å²) in [5.74, 6) is -0.0382. The minimum Gasteiger partial charge on any atom is -0.369 e. The van der Waals surface area contributed by atoms with Gasteiger partial charge in [0.15, 0.2) is 5.96 Å². The summed E-state index contributed by atoms with van der Waals surface area (Å²) in [5.41, 5.74) is 12.6. The second kappa shape index (κ2) is 13.3. The van der Waals surface area contributed by atoms with Crippen LogP contribution < -0.4 is 11.5 Å². The molecule has 0 aliphatic heterocycles. The number of hydrogen-bond acceptors (Lipinski definition) is 1. The number of nitrogens with one attached hydrogen (secondary N) is 1. The van der Waals surface area contributed by atoms with Crippen molar-refractivity contribution in [2.45, 2.75) is 0 Å². The SMILES string of the molecule is C(/C=C/c1ccccc1)=C\c1ccccc1.CN(C)C(N)=NC(=N)N.Cl. The fourth-order valence-corrected chi connectivity index (χ4v) is 1.69. The van der Waals surface area contributed by atoms with Gasteiger partial charge in [-0.3, -0.25) is 5.41 Å². The first-order valence-corrected chi connectivity index (χ1v) is 7.79. The number of rotatable bonds is 3. The second-order valence-corrected chi connectivity index (χ2v) is 5.29. The fraction of sp³-hybridized carbons (Fsp3) is 0.100. The van der Waals surface area contributed by atoms with E-state index in [1.54, 1.807) is 19.0 Å². The second-order valence-electron chi connectivity index (χ2n) is 5.29. The van der Waals surface area contributed by atoms with Crippen molar-refractivity contribution in [3.05, 3.63) is 83.9 Å². The Bertz CT molecular complexity index is 675. The minimum atomic E-state index is -0.277. The molecule has 6 heteroatoms. The van der Waals surface area contributed by atoms with Gasteiger partial charge in [-0.15, -0.1) is 12.4 Å². The molecule has 0 aliphatic rings. The average Bonchev–Trinajstić information content (AvgIpc) is 2.60. The predicted octanol–water partition coefficient (Wildman–Crippen LogP) is 3.59. The highest BCUT2D eigenvalue weighted by Crippen LogP contribution is 2.03. The molecule has 5 nitrogen and oxygen atoms in total. The third kappa shape index (κ3) is 10.7. The van der Waals surface area contributed by atoms with Crippen LogP contribution in [0.2, 0.25) is 0 Å². The van der Waals surface area contributed by atoms with Crippen LogP contribution in [0.1, 0.15) is 11.1 Å². The van der Waals surface area contributed by atoms with E-state index >= 15 is 0 Å². The summed E-state index contributed by atoms with van der Waals surface area (Å²) in [6, 6.07) is 20.6. The molecule has 5 N–H and O–H groups in total. The fourth-order valence-electron chi connectivity index (χ4n) is 1.69. The standard InChI is InChI=1S/C16H14.C4H11N5.ClH/c1-3-9-15(10-4-1)13-7-8-14-16-11-5-2-6-12-16;1-9(2)4(7)8-3(5)6;/h1-14H;1-2H3,(H5,5,6,7,8);1H/b13-7+,14-8+;;. The molecule has 0 heterocycles. The summed E-state index contributed by atoms with van der Waals surface area (Å²) < 4.78 is 0. The van der Waals surface area contributed by atoms with Crippen LogP contribution in [0.15, 0.2) is 77.8 Å². The molecular formula is C20H26ClN5. The van der Waals surface area contributed by atoms with Gasteiger partial charge in [-0.2, -0.15) is 4.99 Å². The highest BCUT2D eigenvalue weighted by molar-refractivity contribution is 5.91. The van der Waals surface area contributed by atoms with Crippen molar-refractivity contribution in [3.8, 4) is 0 Å². The van der Waals surface area contributed by atoms with Crippen LogP contribution >= 0.6 is 12.4 Å². The van der Waals surface area contributed by atoms with E-state index in [4.69, 9.17) is 16.9 Å². The third-order valence-electron chi connectivity index (χ3n) is 2.98. The van der Waals surface area contributed by atoms with Gasteiger partial charge >= 0.3 is 0 Å². The quantitative estimate of drug-likeness (QED) is 0.437. The molecule has 0 atom stereocenters. The number of hydrogen-bond donors (Lipinski definition) is 3. The molecule has 0 aromatic heterocycles. The van der Waals surface area contributed by atoms with Gasteiger partial charge in [-0.1, -0.05) is 85.0 Å². The molecule has 26 heavy (non-hydrogen) atoms. The normalized spacial score (nSPS) is 10.8. The molecule has 2 rings (SSSR count). The van der Waals surface area contributed by atoms with E-state index in [0.29, 0.717) is 0 Å². The number of guanidine groups is 2. The lowest BCUT2D eigenvalue weighted by molar-refractivity contribution is 0.615. The molecule has 0 bridgehead atoms. The van der Waals surface area contributed by atoms with Gasteiger partial charge in [0.25, 0.3) is 0 Å². The highest BCUT2D eigenvalue weighted by Gasteiger charge is 1.92. The zero-order chi connectivity index (χ0) is 18.5. The number of nitrogens with zero attached hydrogens (tertiary/aromatic N) is 2. The summed E-state index contributed by atoms with van der Waals surface area (Å²) in [7, 11) is 3.45. The number of nitrogens with two attached hydrogens (primary N) is 2. The lowest BCUT2D eigenvalue weighted by Gasteiger charge is -2.08. The molecule has 2 aromatic rings. The molecule has 138 valence electrons. The Morgan fingerprint density at radius 2 is 1.23 bits per heavy atom. The summed E-state index contributed by atoms with van der Waals surface area (Å²) in [5, 5.41) is 6.70. The first kappa shape index (κ1) is 22.9. The Kier molecular flexibility index (Phi) is 11.7. The monoisotopic (exact) mass is 371 g/mol. The van der Waals surface area contributed by atoms with Gasteiger partial charge in [-0.05, 0) is 11.1 Å². The Balaban J connectivity index is 0.000000543. The molecule has 0 saturated heterocycles. The van der Waals surface area contributed by atoms with Crippen LogP contribution in [0.25, 0.3) is 12.2 Å². The molecule has 0 aliphatic carbocycles. The minimum absolute atomic E-state index is 0. The molecular weight excluding hydrogens is 346 g/mol. The van der Waals surface area contributed by atoms with Crippen LogP contribution in [-0.4, -0.2) is 30.9 Å². The molecule has 0 saturated carbocycles. The summed E-state index contributed by atoms with van der Waals surface area (Å²) >= 11 is 0. The molecule has 0 radical (unpaired) electrons. The zero-order valence-electron chi connectivity index (χ0n) is 15.0. The molecule has 0 amide bonds. The number of aliphatic imine (C=N–C) groups is 1. The predicted molar refractivity (Wildman–Crippen MR) is 115 cm³/mol. The van der Waals surface area contributed by atoms with E-state index in [-0.39, 0.29) is 24.3 Å². The van der Waals surface area contributed by atoms with Crippen molar-refractivity contribution >= 4 is 36.5 Å². The Morgan fingerprint density at radius 3 is 1.50 bits per heavy atom. The van der Waals surface area contributed by atoms with E-state index in [2.05, 4.69) is 53.6 Å². The maximum absolute atomic E-state index is 6.70. The lowest BCUT2D eigenvalue weighted by atomic mass is 10.2. The lowest BCUT2D eigenvalue weighted by Crippen LogP contribution is -2.32. The van der Waals surface area contributed by atoms with Crippen LogP contribution in [-0.2, 0) is 0 Å². The highest BCUT2D eigenvalue weighted by atomic mass is 35.5. The largest absolute Gasteiger partial charge is 0.369 e. The van der Waals surface area contributed by atoms with Crippen LogP contribution in [0.4, 0.5) is 0 Å². The third-order valence-corrected chi connectivity index (χ3v) is 2.98. The van der Waals surface area contributed by atoms with E-state index in [1.807, 2.05) is 36.4 Å². The molecule has 0 spiro atoms. The number of allylic oxidation sites excluding steroid dienone is 2. The summed E-state index contributed by atoms with van der Waals surface area (Å²) in [6.45, 7) is 0. The van der Waals surface area contributed by atoms with Gasteiger partial charge < -0.3 is 16.4 Å². The van der Waals surface area contributed by atoms with E-state index < -0.39 is 0 Å². The first-order chi connectivity index (χ1) is 12.0. The Morgan fingerprint density at radius 1 is 0.846 bits per heavy atom. The number of benzene rings is 2. The molecule has 2 aromatic carbocycles. The van der Waals surface area contributed by atoms with E-state index in [1.165, 1.54) is 11.1 Å². The van der Waals surface area contributed by atoms with Crippen molar-refractivity contribution in [1.29, 1.82) is 5.41 Å². The Hall–Kier alpha value is -3.05. The smallest absolute Gasteiger partial charge is 0.215 e. The van der Waals surface area contributed by atoms with Gasteiger partial charge in [0.2, 0.25) is 5.96 Å². The van der Waals surface area contributed by atoms with Crippen molar-refractivity contribution in [2.24, 2.45) is 16.5 Å². The Labute approximate surface area is 161 Å². The zero-order valence-corrected chi connectivity index (χ0v) is 15.9. The summed E-state index contributed by atoms with van der Waals surface area (Å²) in [6.07, 6.45) is 8.31. The average molecular weight is 372 g/mol. The van der Waals surface area contributed by atoms with Crippen LogP contribution in [0.5, 0.6) is 0 Å². The van der Waals surface area contributed by atoms with E-state index in [9.17, 15) is 0 Å². The van der Waals surface area contributed by atoms with Gasteiger partial charge in [0, 0.05) is 14.1 Å². The van der Waals surface area contributed by atoms with Gasteiger partial charge in [0.1, 0.15) is 0 Å². The van der Waals surface area contributed by atoms with Crippen molar-refractivity contribution in [3.63, 3.8) is 0 Å². The maximum atomic E-state index is 6.70. The summed E-state index contributed by atoms with van der Waals surface area (Å²) in [4.78, 5) is 5.03. The molecule has 0 unspecified atom stereocenters. The molecule has 0 fully saturated rings. The van der Waals surface area contributed by atoms with Crippen molar-refractivity contribution in [2.75, 3.05) is 14.1 Å². The van der Waals surface area contributed by atoms with E-state index in [0.717, 1.165) is 0 Å². The topological polar surface area (TPSA) is 91.5 Å². The number of halogens is 1. The van der Waals surface area contributed by atoms with Gasteiger partial charge in [-0.25, -0.2) is 0 Å². The first-order valence-electron chi connectivity index (χ1n) is 7.79. The van der Waals surface area contributed by atoms with Crippen molar-refractivity contribution < 1.29 is 0 Å². The van der Waals surface area contributed by atoms with Crippen LogP contribution in [0, 0.1) is 5.41 Å². The maximum Gasteiger partial charge on any atom is 0.215 e.